The number of rotatable bonds is 2. The maximum Gasteiger partial charge on any atom is 0.143 e. The molecule has 5 N–H and O–H groups in total. The minimum absolute atomic E-state index is 0.0624. The second-order valence-corrected chi connectivity index (χ2v) is 3.00. The summed E-state index contributed by atoms with van der Waals surface area (Å²) >= 11 is 0. The molecule has 0 aliphatic rings. The second kappa shape index (κ2) is 3.49. The number of phenolic OH excluding ortho intramolecular Hbond substituents is 1. The quantitative estimate of drug-likeness (QED) is 0.365. The predicted octanol–water partition coefficient (Wildman–Crippen LogP) is 1.47. The van der Waals surface area contributed by atoms with Crippen LogP contribution in [0.15, 0.2) is 24.8 Å². The fraction of sp³-hybridized carbons (Fsp3) is 0.200. The van der Waals surface area contributed by atoms with Crippen LogP contribution in [0.3, 0.4) is 0 Å². The van der Waals surface area contributed by atoms with Crippen molar-refractivity contribution in [3.05, 3.63) is 35.9 Å². The fourth-order valence-electron chi connectivity index (χ4n) is 1.26. The number of hydrogen-bond donors (Lipinski definition) is 3. The summed E-state index contributed by atoms with van der Waals surface area (Å²) in [6.07, 6.45) is 1.57. The molecule has 70 valence electrons. The number of aryl methyl sites for hydroxylation is 1. The molecule has 0 radical (unpaired) electrons. The molecule has 0 saturated carbocycles. The van der Waals surface area contributed by atoms with Crippen LogP contribution in [0.1, 0.15) is 17.2 Å². The van der Waals surface area contributed by atoms with Crippen LogP contribution in [-0.2, 0) is 0 Å². The van der Waals surface area contributed by atoms with Crippen molar-refractivity contribution in [2.45, 2.75) is 13.0 Å². The van der Waals surface area contributed by atoms with E-state index in [2.05, 4.69) is 6.58 Å². The summed E-state index contributed by atoms with van der Waals surface area (Å²) in [4.78, 5) is 0. The molecule has 0 spiro atoms. The summed E-state index contributed by atoms with van der Waals surface area (Å²) in [6, 6.07) is 3.11. The third-order valence-electron chi connectivity index (χ3n) is 2.05. The molecule has 0 bridgehead atoms. The third-order valence-corrected chi connectivity index (χ3v) is 2.05. The molecule has 3 heteroatoms. The lowest BCUT2D eigenvalue weighted by Crippen LogP contribution is -2.09. The molecule has 1 aromatic carbocycles. The molecule has 1 atom stereocenters. The fourth-order valence-corrected chi connectivity index (χ4v) is 1.26. The number of nitrogen functional groups attached to an aromatic ring is 1. The van der Waals surface area contributed by atoms with Crippen LogP contribution < -0.4 is 11.5 Å². The lowest BCUT2D eigenvalue weighted by Gasteiger charge is -2.13. The molecule has 1 rings (SSSR count). The van der Waals surface area contributed by atoms with Gasteiger partial charge in [0.1, 0.15) is 5.75 Å². The summed E-state index contributed by atoms with van der Waals surface area (Å²) < 4.78 is 0. The van der Waals surface area contributed by atoms with Gasteiger partial charge in [0.05, 0.1) is 11.7 Å². The predicted molar refractivity (Wildman–Crippen MR) is 54.4 cm³/mol. The molecule has 0 aromatic heterocycles. The van der Waals surface area contributed by atoms with Crippen molar-refractivity contribution in [2.75, 3.05) is 5.73 Å². The van der Waals surface area contributed by atoms with E-state index in [0.29, 0.717) is 11.3 Å². The van der Waals surface area contributed by atoms with Crippen molar-refractivity contribution in [3.63, 3.8) is 0 Å². The molecular formula is C10H14N2O. The standard InChI is InChI=1S/C10H14N2O/c1-3-7(11)9-6(2)4-5-8(12)10(9)13/h3-5,7,13H,1,11-12H2,2H3/t7-/m0/s1. The van der Waals surface area contributed by atoms with Gasteiger partial charge in [0, 0.05) is 5.56 Å². The van der Waals surface area contributed by atoms with Gasteiger partial charge in [-0.15, -0.1) is 6.58 Å². The Labute approximate surface area is 77.7 Å². The molecule has 13 heavy (non-hydrogen) atoms. The first-order valence-corrected chi connectivity index (χ1v) is 4.04. The van der Waals surface area contributed by atoms with Crippen LogP contribution in [0.25, 0.3) is 0 Å². The lowest BCUT2D eigenvalue weighted by molar-refractivity contribution is 0.468. The minimum atomic E-state index is -0.372. The monoisotopic (exact) mass is 178 g/mol. The van der Waals surface area contributed by atoms with Gasteiger partial charge in [-0.3, -0.25) is 0 Å². The Morgan fingerprint density at radius 3 is 2.69 bits per heavy atom. The topological polar surface area (TPSA) is 72.3 Å². The molecule has 0 unspecified atom stereocenters. The maximum absolute atomic E-state index is 9.63. The molecule has 0 heterocycles. The highest BCUT2D eigenvalue weighted by Crippen LogP contribution is 2.31. The van der Waals surface area contributed by atoms with Crippen LogP contribution in [-0.4, -0.2) is 5.11 Å². The van der Waals surface area contributed by atoms with Crippen molar-refractivity contribution in [3.8, 4) is 5.75 Å². The lowest BCUT2D eigenvalue weighted by atomic mass is 10.00. The average molecular weight is 178 g/mol. The Kier molecular flexibility index (Phi) is 2.58. The van der Waals surface area contributed by atoms with Crippen LogP contribution >= 0.6 is 0 Å². The van der Waals surface area contributed by atoms with E-state index in [9.17, 15) is 5.11 Å². The zero-order chi connectivity index (χ0) is 10.0. The first kappa shape index (κ1) is 9.61. The molecule has 3 nitrogen and oxygen atoms in total. The summed E-state index contributed by atoms with van der Waals surface area (Å²) in [6.45, 7) is 5.44. The molecular weight excluding hydrogens is 164 g/mol. The highest BCUT2D eigenvalue weighted by atomic mass is 16.3. The summed E-state index contributed by atoms with van der Waals surface area (Å²) in [7, 11) is 0. The number of benzene rings is 1. The van der Waals surface area contributed by atoms with Gasteiger partial charge in [0.2, 0.25) is 0 Å². The Hall–Kier alpha value is -1.48. The van der Waals surface area contributed by atoms with E-state index in [4.69, 9.17) is 11.5 Å². The van der Waals surface area contributed by atoms with E-state index in [-0.39, 0.29) is 11.8 Å². The Balaban J connectivity index is 3.32. The average Bonchev–Trinajstić information content (AvgIpc) is 2.12. The summed E-state index contributed by atoms with van der Waals surface area (Å²) in [5.41, 5.74) is 13.2. The number of phenols is 1. The van der Waals surface area contributed by atoms with E-state index >= 15 is 0 Å². The van der Waals surface area contributed by atoms with Gasteiger partial charge in [-0.25, -0.2) is 0 Å². The van der Waals surface area contributed by atoms with Crippen molar-refractivity contribution in [1.82, 2.24) is 0 Å². The Morgan fingerprint density at radius 2 is 2.15 bits per heavy atom. The van der Waals surface area contributed by atoms with Crippen LogP contribution in [0, 0.1) is 6.92 Å². The van der Waals surface area contributed by atoms with E-state index < -0.39 is 0 Å². The molecule has 0 fully saturated rings. The number of aromatic hydroxyl groups is 1. The summed E-state index contributed by atoms with van der Waals surface area (Å²) in [5, 5.41) is 9.63. The Bertz CT molecular complexity index is 334. The van der Waals surface area contributed by atoms with E-state index in [0.717, 1.165) is 5.56 Å². The number of anilines is 1. The van der Waals surface area contributed by atoms with Crippen LogP contribution in [0.2, 0.25) is 0 Å². The van der Waals surface area contributed by atoms with Gasteiger partial charge in [-0.1, -0.05) is 12.1 Å². The van der Waals surface area contributed by atoms with Crippen LogP contribution in [0.5, 0.6) is 5.75 Å². The highest BCUT2D eigenvalue weighted by Gasteiger charge is 2.12. The largest absolute Gasteiger partial charge is 0.505 e. The van der Waals surface area contributed by atoms with Crippen molar-refractivity contribution in [2.24, 2.45) is 5.73 Å². The van der Waals surface area contributed by atoms with Crippen molar-refractivity contribution < 1.29 is 5.11 Å². The van der Waals surface area contributed by atoms with Gasteiger partial charge in [-0.05, 0) is 18.6 Å². The smallest absolute Gasteiger partial charge is 0.143 e. The molecule has 0 aliphatic heterocycles. The zero-order valence-electron chi connectivity index (χ0n) is 7.62. The number of nitrogens with two attached hydrogens (primary N) is 2. The van der Waals surface area contributed by atoms with Gasteiger partial charge in [0.15, 0.2) is 0 Å². The Morgan fingerprint density at radius 1 is 1.54 bits per heavy atom. The zero-order valence-corrected chi connectivity index (χ0v) is 7.62. The van der Waals surface area contributed by atoms with Crippen LogP contribution in [0.4, 0.5) is 5.69 Å². The summed E-state index contributed by atoms with van der Waals surface area (Å²) in [5.74, 6) is 0.0624. The van der Waals surface area contributed by atoms with Gasteiger partial charge in [0.25, 0.3) is 0 Å². The van der Waals surface area contributed by atoms with Crippen molar-refractivity contribution in [1.29, 1.82) is 0 Å². The number of hydrogen-bond acceptors (Lipinski definition) is 3. The van der Waals surface area contributed by atoms with Gasteiger partial charge in [-0.2, -0.15) is 0 Å². The van der Waals surface area contributed by atoms with Crippen molar-refractivity contribution >= 4 is 5.69 Å². The first-order chi connectivity index (χ1) is 6.07. The highest BCUT2D eigenvalue weighted by molar-refractivity contribution is 5.59. The van der Waals surface area contributed by atoms with E-state index in [1.54, 1.807) is 12.1 Å². The molecule has 1 aromatic rings. The normalized spacial score (nSPS) is 12.5. The van der Waals surface area contributed by atoms with E-state index in [1.807, 2.05) is 13.0 Å². The van der Waals surface area contributed by atoms with E-state index in [1.165, 1.54) is 0 Å². The van der Waals surface area contributed by atoms with Gasteiger partial charge >= 0.3 is 0 Å². The SMILES string of the molecule is C=C[C@H](N)c1c(C)ccc(N)c1O. The molecule has 0 saturated heterocycles. The second-order valence-electron chi connectivity index (χ2n) is 3.00. The van der Waals surface area contributed by atoms with Gasteiger partial charge < -0.3 is 16.6 Å². The first-order valence-electron chi connectivity index (χ1n) is 4.04. The molecule has 0 aliphatic carbocycles. The third kappa shape index (κ3) is 1.65. The molecule has 0 amide bonds. The minimum Gasteiger partial charge on any atom is -0.505 e. The maximum atomic E-state index is 9.63.